The Labute approximate surface area is 138 Å². The van der Waals surface area contributed by atoms with E-state index < -0.39 is 0 Å². The van der Waals surface area contributed by atoms with E-state index in [0.717, 1.165) is 11.4 Å². The van der Waals surface area contributed by atoms with Crippen LogP contribution in [0.1, 0.15) is 77.1 Å². The molecule has 2 aromatic rings. The fourth-order valence-electron chi connectivity index (χ4n) is 4.77. The largest absolute Gasteiger partial charge is 0.276 e. The third-order valence-electron chi connectivity index (χ3n) is 6.78. The number of nitrogens with one attached hydrogen (secondary N) is 1. The molecule has 2 atom stereocenters. The Morgan fingerprint density at radius 1 is 1.22 bits per heavy atom. The molecule has 1 saturated carbocycles. The summed E-state index contributed by atoms with van der Waals surface area (Å²) in [5.41, 5.74) is 6.84. The Morgan fingerprint density at radius 2 is 1.96 bits per heavy atom. The summed E-state index contributed by atoms with van der Waals surface area (Å²) in [6.45, 7) is 14.0. The van der Waals surface area contributed by atoms with Crippen LogP contribution in [0.2, 0.25) is 0 Å². The Balaban J connectivity index is 1.87. The Bertz CT molecular complexity index is 778. The van der Waals surface area contributed by atoms with Gasteiger partial charge in [-0.1, -0.05) is 41.5 Å². The van der Waals surface area contributed by atoms with Crippen molar-refractivity contribution in [2.24, 2.45) is 5.41 Å². The maximum absolute atomic E-state index is 4.75. The highest BCUT2D eigenvalue weighted by molar-refractivity contribution is 5.66. The Kier molecular flexibility index (Phi) is 2.76. The summed E-state index contributed by atoms with van der Waals surface area (Å²) in [6, 6.07) is 4.35. The lowest BCUT2D eigenvalue weighted by molar-refractivity contribution is 0.225. The number of pyridine rings is 1. The predicted octanol–water partition coefficient (Wildman–Crippen LogP) is 4.94. The van der Waals surface area contributed by atoms with E-state index in [1.165, 1.54) is 29.7 Å². The molecule has 1 N–H and O–H groups in total. The van der Waals surface area contributed by atoms with Gasteiger partial charge in [-0.15, -0.1) is 0 Å². The molecule has 0 aromatic carbocycles. The Hall–Kier alpha value is -1.64. The van der Waals surface area contributed by atoms with Crippen molar-refractivity contribution in [2.75, 3.05) is 0 Å². The zero-order valence-electron chi connectivity index (χ0n) is 15.1. The standard InChI is InChI=1S/C20H27N3/c1-18(2,3)12-8-10-21-14(11-12)16-15-13-7-9-20(6,19(13,4)5)17(15)23-22-16/h8,10-11,13H,7,9H2,1-6H3,(H,22,23). The fourth-order valence-corrected chi connectivity index (χ4v) is 4.77. The number of H-pyrrole nitrogens is 1. The molecule has 3 heteroatoms. The molecule has 0 radical (unpaired) electrons. The molecular weight excluding hydrogens is 282 g/mol. The monoisotopic (exact) mass is 309 g/mol. The quantitative estimate of drug-likeness (QED) is 0.810. The number of fused-ring (bicyclic) bond motifs is 5. The minimum Gasteiger partial charge on any atom is -0.276 e. The van der Waals surface area contributed by atoms with Gasteiger partial charge in [0, 0.05) is 17.2 Å². The molecule has 1 fully saturated rings. The summed E-state index contributed by atoms with van der Waals surface area (Å²) < 4.78 is 0. The summed E-state index contributed by atoms with van der Waals surface area (Å²) >= 11 is 0. The molecule has 2 aliphatic carbocycles. The van der Waals surface area contributed by atoms with E-state index in [4.69, 9.17) is 5.10 Å². The SMILES string of the molecule is CC(C)(C)c1ccnc(-c2[nH]nc3c2C2CCC3(C)C2(C)C)c1. The first-order valence-corrected chi connectivity index (χ1v) is 8.72. The van der Waals surface area contributed by atoms with Crippen molar-refractivity contribution in [3.05, 3.63) is 35.2 Å². The van der Waals surface area contributed by atoms with Crippen LogP contribution < -0.4 is 0 Å². The first kappa shape index (κ1) is 14.9. The van der Waals surface area contributed by atoms with Crippen LogP contribution in [0.15, 0.2) is 18.3 Å². The minimum absolute atomic E-state index is 0.130. The lowest BCUT2D eigenvalue weighted by Gasteiger charge is -2.34. The van der Waals surface area contributed by atoms with Crippen molar-refractivity contribution in [1.29, 1.82) is 0 Å². The number of rotatable bonds is 1. The van der Waals surface area contributed by atoms with Crippen molar-refractivity contribution in [3.63, 3.8) is 0 Å². The van der Waals surface area contributed by atoms with E-state index in [2.05, 4.69) is 63.8 Å². The van der Waals surface area contributed by atoms with Crippen molar-refractivity contribution >= 4 is 0 Å². The topological polar surface area (TPSA) is 41.6 Å². The third kappa shape index (κ3) is 1.76. The highest BCUT2D eigenvalue weighted by Crippen LogP contribution is 2.68. The summed E-state index contributed by atoms with van der Waals surface area (Å²) in [5.74, 6) is 0.594. The molecule has 4 rings (SSSR count). The van der Waals surface area contributed by atoms with Crippen LogP contribution in [0.25, 0.3) is 11.4 Å². The van der Waals surface area contributed by atoms with Crippen LogP contribution >= 0.6 is 0 Å². The average molecular weight is 309 g/mol. The van der Waals surface area contributed by atoms with Gasteiger partial charge in [0.1, 0.15) is 0 Å². The van der Waals surface area contributed by atoms with E-state index >= 15 is 0 Å². The second-order valence-corrected chi connectivity index (χ2v) is 9.19. The average Bonchev–Trinajstić information content (AvgIpc) is 3.05. The van der Waals surface area contributed by atoms with Crippen LogP contribution in [-0.4, -0.2) is 15.2 Å². The molecule has 2 aliphatic rings. The number of aromatic amines is 1. The molecule has 23 heavy (non-hydrogen) atoms. The summed E-state index contributed by atoms with van der Waals surface area (Å²) in [4.78, 5) is 4.66. The smallest absolute Gasteiger partial charge is 0.0886 e. The van der Waals surface area contributed by atoms with Gasteiger partial charge in [0.25, 0.3) is 0 Å². The molecule has 0 spiro atoms. The zero-order chi connectivity index (χ0) is 16.6. The molecule has 2 aromatic heterocycles. The van der Waals surface area contributed by atoms with Gasteiger partial charge < -0.3 is 0 Å². The summed E-state index contributed by atoms with van der Waals surface area (Å²) in [5, 5.41) is 8.07. The van der Waals surface area contributed by atoms with Gasteiger partial charge in [0.2, 0.25) is 0 Å². The van der Waals surface area contributed by atoms with Crippen molar-refractivity contribution in [1.82, 2.24) is 15.2 Å². The number of nitrogens with zero attached hydrogens (tertiary/aromatic N) is 2. The lowest BCUT2D eigenvalue weighted by atomic mass is 9.70. The first-order valence-electron chi connectivity index (χ1n) is 8.72. The van der Waals surface area contributed by atoms with Gasteiger partial charge in [-0.25, -0.2) is 0 Å². The van der Waals surface area contributed by atoms with Gasteiger partial charge >= 0.3 is 0 Å². The first-order chi connectivity index (χ1) is 10.7. The molecule has 2 heterocycles. The fraction of sp³-hybridized carbons (Fsp3) is 0.600. The highest BCUT2D eigenvalue weighted by Gasteiger charge is 2.61. The maximum atomic E-state index is 4.75. The molecule has 122 valence electrons. The predicted molar refractivity (Wildman–Crippen MR) is 93.6 cm³/mol. The third-order valence-corrected chi connectivity index (χ3v) is 6.78. The van der Waals surface area contributed by atoms with E-state index in [1.54, 1.807) is 0 Å². The van der Waals surface area contributed by atoms with Crippen molar-refractivity contribution in [3.8, 4) is 11.4 Å². The number of aromatic nitrogens is 3. The van der Waals surface area contributed by atoms with Gasteiger partial charge in [0.05, 0.1) is 17.1 Å². The van der Waals surface area contributed by atoms with Gasteiger partial charge in [-0.05, 0) is 47.3 Å². The second kappa shape index (κ2) is 4.25. The Morgan fingerprint density at radius 3 is 2.65 bits per heavy atom. The molecule has 2 unspecified atom stereocenters. The summed E-state index contributed by atoms with van der Waals surface area (Å²) in [6.07, 6.45) is 4.45. The van der Waals surface area contributed by atoms with E-state index in [-0.39, 0.29) is 16.2 Å². The van der Waals surface area contributed by atoms with Gasteiger partial charge in [-0.3, -0.25) is 10.1 Å². The van der Waals surface area contributed by atoms with Crippen molar-refractivity contribution in [2.45, 2.75) is 71.1 Å². The number of hydrogen-bond acceptors (Lipinski definition) is 2. The molecule has 2 bridgehead atoms. The lowest BCUT2D eigenvalue weighted by Crippen LogP contribution is -2.32. The van der Waals surface area contributed by atoms with Crippen LogP contribution in [-0.2, 0) is 10.8 Å². The van der Waals surface area contributed by atoms with Gasteiger partial charge in [-0.2, -0.15) is 5.10 Å². The molecule has 0 aliphatic heterocycles. The highest BCUT2D eigenvalue weighted by atomic mass is 15.1. The van der Waals surface area contributed by atoms with Crippen molar-refractivity contribution < 1.29 is 0 Å². The minimum atomic E-state index is 0.130. The van der Waals surface area contributed by atoms with Crippen LogP contribution in [0.5, 0.6) is 0 Å². The maximum Gasteiger partial charge on any atom is 0.0886 e. The van der Waals surface area contributed by atoms with Crippen LogP contribution in [0, 0.1) is 5.41 Å². The van der Waals surface area contributed by atoms with E-state index in [0.29, 0.717) is 5.92 Å². The van der Waals surface area contributed by atoms with Crippen LogP contribution in [0.3, 0.4) is 0 Å². The number of hydrogen-bond donors (Lipinski definition) is 1. The summed E-state index contributed by atoms with van der Waals surface area (Å²) in [7, 11) is 0. The van der Waals surface area contributed by atoms with Crippen LogP contribution in [0.4, 0.5) is 0 Å². The zero-order valence-corrected chi connectivity index (χ0v) is 15.1. The van der Waals surface area contributed by atoms with Gasteiger partial charge in [0.15, 0.2) is 0 Å². The molecule has 0 saturated heterocycles. The van der Waals surface area contributed by atoms with E-state index in [1.807, 2.05) is 6.20 Å². The van der Waals surface area contributed by atoms with E-state index in [9.17, 15) is 0 Å². The molecular formula is C20H27N3. The normalized spacial score (nSPS) is 28.2. The molecule has 3 nitrogen and oxygen atoms in total. The molecule has 0 amide bonds. The second-order valence-electron chi connectivity index (χ2n) is 9.19.